The normalized spacial score (nSPS) is 19.9. The van der Waals surface area contributed by atoms with Gasteiger partial charge in [0.15, 0.2) is 0 Å². The lowest BCUT2D eigenvalue weighted by molar-refractivity contribution is -0.148. The Hall–Kier alpha value is -1.63. The number of hydrogen-bond donors (Lipinski definition) is 3. The molecule has 7 heteroatoms. The third-order valence-electron chi connectivity index (χ3n) is 3.41. The van der Waals surface area contributed by atoms with E-state index in [4.69, 9.17) is 5.11 Å². The van der Waals surface area contributed by atoms with Crippen molar-refractivity contribution < 1.29 is 24.2 Å². The Kier molecular flexibility index (Phi) is 7.00. The van der Waals surface area contributed by atoms with Gasteiger partial charge in [0, 0.05) is 6.42 Å². The van der Waals surface area contributed by atoms with E-state index in [9.17, 15) is 14.4 Å². The van der Waals surface area contributed by atoms with Crippen LogP contribution in [-0.4, -0.2) is 49.2 Å². The van der Waals surface area contributed by atoms with E-state index in [1.54, 1.807) is 0 Å². The molecule has 1 rings (SSSR count). The van der Waals surface area contributed by atoms with E-state index in [1.165, 1.54) is 7.11 Å². The number of methoxy groups -OCH3 is 1. The van der Waals surface area contributed by atoms with Crippen LogP contribution < -0.4 is 10.6 Å². The predicted octanol–water partition coefficient (Wildman–Crippen LogP) is -0.101. The molecule has 1 heterocycles. The first-order valence-corrected chi connectivity index (χ1v) is 6.82. The highest BCUT2D eigenvalue weighted by atomic mass is 16.5. The van der Waals surface area contributed by atoms with Gasteiger partial charge in [-0.1, -0.05) is 0 Å². The molecule has 0 aromatic carbocycles. The van der Waals surface area contributed by atoms with Gasteiger partial charge in [-0.3, -0.25) is 9.59 Å². The molecule has 1 fully saturated rings. The van der Waals surface area contributed by atoms with Crippen molar-refractivity contribution in [2.75, 3.05) is 20.2 Å². The summed E-state index contributed by atoms with van der Waals surface area (Å²) >= 11 is 0. The Morgan fingerprint density at radius 2 is 2.20 bits per heavy atom. The molecule has 0 spiro atoms. The summed E-state index contributed by atoms with van der Waals surface area (Å²) in [6.45, 7) is 1.92. The maximum absolute atomic E-state index is 11.7. The highest BCUT2D eigenvalue weighted by Gasteiger charge is 2.24. The molecule has 1 saturated heterocycles. The third kappa shape index (κ3) is 6.01. The quantitative estimate of drug-likeness (QED) is 0.564. The van der Waals surface area contributed by atoms with E-state index < -0.39 is 18.0 Å². The number of carbonyl (C=O) groups excluding carboxylic acids is 2. The van der Waals surface area contributed by atoms with Crippen molar-refractivity contribution in [3.63, 3.8) is 0 Å². The van der Waals surface area contributed by atoms with Crippen molar-refractivity contribution in [1.82, 2.24) is 10.6 Å². The Morgan fingerprint density at radius 3 is 2.75 bits per heavy atom. The molecule has 3 N–H and O–H groups in total. The molecule has 0 aromatic rings. The van der Waals surface area contributed by atoms with Crippen LogP contribution in [0.1, 0.15) is 32.1 Å². The molecule has 0 aromatic heterocycles. The van der Waals surface area contributed by atoms with Crippen LogP contribution in [0.5, 0.6) is 0 Å². The largest absolute Gasteiger partial charge is 0.480 e. The monoisotopic (exact) mass is 286 g/mol. The summed E-state index contributed by atoms with van der Waals surface area (Å²) in [5, 5.41) is 14.6. The van der Waals surface area contributed by atoms with Crippen molar-refractivity contribution in [3.05, 3.63) is 0 Å². The van der Waals surface area contributed by atoms with Crippen LogP contribution in [0.4, 0.5) is 0 Å². The number of hydrogen-bond acceptors (Lipinski definition) is 5. The lowest BCUT2D eigenvalue weighted by Crippen LogP contribution is -2.42. The molecule has 20 heavy (non-hydrogen) atoms. The van der Waals surface area contributed by atoms with Gasteiger partial charge in [0.25, 0.3) is 0 Å². The molecule has 1 amide bonds. The number of nitrogens with one attached hydrogen (secondary N) is 2. The first-order valence-electron chi connectivity index (χ1n) is 6.82. The summed E-state index contributed by atoms with van der Waals surface area (Å²) in [7, 11) is 1.18. The number of amides is 1. The predicted molar refractivity (Wildman–Crippen MR) is 71.0 cm³/mol. The van der Waals surface area contributed by atoms with Gasteiger partial charge in [-0.2, -0.15) is 0 Å². The highest BCUT2D eigenvalue weighted by Crippen LogP contribution is 2.15. The smallest absolute Gasteiger partial charge is 0.326 e. The van der Waals surface area contributed by atoms with Crippen molar-refractivity contribution >= 4 is 17.8 Å². The first-order chi connectivity index (χ1) is 9.52. The number of carboxylic acids is 1. The van der Waals surface area contributed by atoms with Gasteiger partial charge in [-0.25, -0.2) is 4.79 Å². The second-order valence-electron chi connectivity index (χ2n) is 4.99. The van der Waals surface area contributed by atoms with E-state index in [-0.39, 0.29) is 18.7 Å². The van der Waals surface area contributed by atoms with Crippen LogP contribution in [0.25, 0.3) is 0 Å². The molecular formula is C13H22N2O5. The molecule has 0 aliphatic carbocycles. The van der Waals surface area contributed by atoms with Gasteiger partial charge in [0.1, 0.15) is 6.04 Å². The Labute approximate surface area is 118 Å². The van der Waals surface area contributed by atoms with Gasteiger partial charge in [0.2, 0.25) is 5.91 Å². The molecule has 1 unspecified atom stereocenters. The number of carboxylic acid groups (broad SMARTS) is 1. The van der Waals surface area contributed by atoms with Gasteiger partial charge in [-0.15, -0.1) is 0 Å². The fourth-order valence-electron chi connectivity index (χ4n) is 2.22. The lowest BCUT2D eigenvalue weighted by Gasteiger charge is -2.22. The fraction of sp³-hybridized carbons (Fsp3) is 0.769. The van der Waals surface area contributed by atoms with E-state index >= 15 is 0 Å². The van der Waals surface area contributed by atoms with Crippen LogP contribution in [0.15, 0.2) is 0 Å². The minimum absolute atomic E-state index is 0.275. The van der Waals surface area contributed by atoms with Crippen LogP contribution in [0, 0.1) is 5.92 Å². The zero-order valence-corrected chi connectivity index (χ0v) is 11.7. The molecule has 0 radical (unpaired) electrons. The van der Waals surface area contributed by atoms with Gasteiger partial charge in [0.05, 0.1) is 13.5 Å². The Bertz CT molecular complexity index is 353. The highest BCUT2D eigenvalue weighted by molar-refractivity contribution is 5.87. The minimum Gasteiger partial charge on any atom is -0.480 e. The topological polar surface area (TPSA) is 105 Å². The average Bonchev–Trinajstić information content (AvgIpc) is 2.45. The average molecular weight is 286 g/mol. The standard InChI is InChI=1S/C13H22N2O5/c1-20-12(17)7-10(13(18)19)15-11(16)5-4-9-3-2-6-14-8-9/h9-10,14H,2-8H2,1H3,(H,15,16)(H,18,19)/t9?,10-/m0/s1. The summed E-state index contributed by atoms with van der Waals surface area (Å²) < 4.78 is 4.41. The summed E-state index contributed by atoms with van der Waals surface area (Å²) in [5.74, 6) is -1.78. The van der Waals surface area contributed by atoms with E-state index in [0.717, 1.165) is 32.4 Å². The van der Waals surface area contributed by atoms with E-state index in [1.807, 2.05) is 0 Å². The lowest BCUT2D eigenvalue weighted by atomic mass is 9.94. The van der Waals surface area contributed by atoms with Gasteiger partial charge >= 0.3 is 11.9 Å². The van der Waals surface area contributed by atoms with Gasteiger partial charge < -0.3 is 20.5 Å². The SMILES string of the molecule is COC(=O)C[C@H](NC(=O)CCC1CCCNC1)C(=O)O. The number of esters is 1. The number of aliphatic carboxylic acids is 1. The summed E-state index contributed by atoms with van der Waals surface area (Å²) in [4.78, 5) is 33.8. The molecule has 114 valence electrons. The second-order valence-corrected chi connectivity index (χ2v) is 4.99. The molecular weight excluding hydrogens is 264 g/mol. The van der Waals surface area contributed by atoms with Crippen molar-refractivity contribution in [1.29, 1.82) is 0 Å². The third-order valence-corrected chi connectivity index (χ3v) is 3.41. The van der Waals surface area contributed by atoms with E-state index in [2.05, 4.69) is 15.4 Å². The maximum Gasteiger partial charge on any atom is 0.326 e. The fourth-order valence-corrected chi connectivity index (χ4v) is 2.22. The molecule has 7 nitrogen and oxygen atoms in total. The maximum atomic E-state index is 11.7. The van der Waals surface area contributed by atoms with Crippen molar-refractivity contribution in [3.8, 4) is 0 Å². The number of piperidine rings is 1. The van der Waals surface area contributed by atoms with Crippen LogP contribution in [0.2, 0.25) is 0 Å². The number of rotatable bonds is 7. The molecule has 0 saturated carbocycles. The van der Waals surface area contributed by atoms with Crippen LogP contribution in [0.3, 0.4) is 0 Å². The minimum atomic E-state index is -1.23. The second kappa shape index (κ2) is 8.52. The first kappa shape index (κ1) is 16.4. The Balaban J connectivity index is 2.33. The van der Waals surface area contributed by atoms with Crippen molar-refractivity contribution in [2.45, 2.75) is 38.1 Å². The zero-order valence-electron chi connectivity index (χ0n) is 11.7. The van der Waals surface area contributed by atoms with Crippen LogP contribution in [-0.2, 0) is 19.1 Å². The zero-order chi connectivity index (χ0) is 15.0. The van der Waals surface area contributed by atoms with E-state index in [0.29, 0.717) is 5.92 Å². The molecule has 1 aliphatic rings. The molecule has 1 aliphatic heterocycles. The summed E-state index contributed by atoms with van der Waals surface area (Å²) in [6.07, 6.45) is 2.83. The van der Waals surface area contributed by atoms with Crippen molar-refractivity contribution in [2.24, 2.45) is 5.92 Å². The van der Waals surface area contributed by atoms with Gasteiger partial charge in [-0.05, 0) is 38.3 Å². The summed E-state index contributed by atoms with van der Waals surface area (Å²) in [5.41, 5.74) is 0. The molecule has 2 atom stereocenters. The number of ether oxygens (including phenoxy) is 1. The molecule has 0 bridgehead atoms. The van der Waals surface area contributed by atoms with Crippen LogP contribution >= 0.6 is 0 Å². The number of carbonyl (C=O) groups is 3. The Morgan fingerprint density at radius 1 is 1.45 bits per heavy atom. The summed E-state index contributed by atoms with van der Waals surface area (Å²) in [6, 6.07) is -1.22.